The fraction of sp³-hybridized carbons (Fsp3) is 0.100. The molecule has 0 radical (unpaired) electrons. The smallest absolute Gasteiger partial charge is 0.271 e. The molecule has 6 heteroatoms. The number of hydrazone groups is 1. The van der Waals surface area contributed by atoms with E-state index in [2.05, 4.69) is 31.0 Å². The van der Waals surface area contributed by atoms with Gasteiger partial charge in [-0.15, -0.1) is 0 Å². The highest BCUT2D eigenvalue weighted by Crippen LogP contribution is 2.29. The molecule has 26 heavy (non-hydrogen) atoms. The zero-order valence-corrected chi connectivity index (χ0v) is 16.7. The molecule has 0 spiro atoms. The lowest BCUT2D eigenvalue weighted by atomic mass is 10.2. The molecular weight excluding hydrogens is 414 g/mol. The Balaban J connectivity index is 1.84. The quantitative estimate of drug-likeness (QED) is 0.444. The molecule has 1 aromatic heterocycles. The van der Waals surface area contributed by atoms with Crippen molar-refractivity contribution >= 4 is 39.7 Å². The molecule has 3 aromatic rings. The minimum atomic E-state index is -0.309. The van der Waals surface area contributed by atoms with Gasteiger partial charge in [0.15, 0.2) is 0 Å². The van der Waals surface area contributed by atoms with Crippen molar-refractivity contribution in [3.8, 4) is 5.69 Å². The number of nitrogens with zero attached hydrogens (tertiary/aromatic N) is 2. The van der Waals surface area contributed by atoms with Crippen molar-refractivity contribution in [3.05, 3.63) is 86.6 Å². The molecule has 0 aliphatic rings. The number of amides is 1. The molecule has 0 aliphatic carbocycles. The van der Waals surface area contributed by atoms with Gasteiger partial charge in [0.1, 0.15) is 0 Å². The third kappa shape index (κ3) is 3.74. The summed E-state index contributed by atoms with van der Waals surface area (Å²) in [6.07, 6.45) is 1.65. The van der Waals surface area contributed by atoms with Crippen LogP contribution in [0.25, 0.3) is 5.69 Å². The maximum Gasteiger partial charge on any atom is 0.271 e. The second-order valence-electron chi connectivity index (χ2n) is 5.78. The van der Waals surface area contributed by atoms with Gasteiger partial charge in [0.25, 0.3) is 5.91 Å². The van der Waals surface area contributed by atoms with Gasteiger partial charge >= 0.3 is 0 Å². The first kappa shape index (κ1) is 18.4. The lowest BCUT2D eigenvalue weighted by Crippen LogP contribution is -2.17. The number of halogens is 2. The Kier molecular flexibility index (Phi) is 5.59. The standard InChI is InChI=1S/C20H17BrClN3O/c1-13-18(12-23-24-20(26)15-7-6-8-16(22)11-15)19(21)14(2)25(13)17-9-4-3-5-10-17/h3-12H,1-2H3,(H,24,26)/b23-12-. The van der Waals surface area contributed by atoms with Crippen LogP contribution >= 0.6 is 27.5 Å². The van der Waals surface area contributed by atoms with E-state index < -0.39 is 0 Å². The largest absolute Gasteiger partial charge is 0.317 e. The number of carbonyl (C=O) groups excluding carboxylic acids is 1. The van der Waals surface area contributed by atoms with Crippen LogP contribution in [0.2, 0.25) is 5.02 Å². The van der Waals surface area contributed by atoms with Crippen LogP contribution in [0.4, 0.5) is 0 Å². The fourth-order valence-electron chi connectivity index (χ4n) is 2.79. The van der Waals surface area contributed by atoms with E-state index in [1.165, 1.54) is 0 Å². The molecule has 0 saturated carbocycles. The molecule has 132 valence electrons. The molecule has 0 aliphatic heterocycles. The number of carbonyl (C=O) groups is 1. The Bertz CT molecular complexity index is 980. The van der Waals surface area contributed by atoms with Gasteiger partial charge in [-0.3, -0.25) is 4.79 Å². The van der Waals surface area contributed by atoms with Gasteiger partial charge in [0, 0.05) is 37.7 Å². The predicted octanol–water partition coefficient (Wildman–Crippen LogP) is 5.27. The Labute approximate surface area is 165 Å². The minimum absolute atomic E-state index is 0.309. The molecule has 0 unspecified atom stereocenters. The lowest BCUT2D eigenvalue weighted by Gasteiger charge is -2.08. The summed E-state index contributed by atoms with van der Waals surface area (Å²) in [5.74, 6) is -0.309. The van der Waals surface area contributed by atoms with Crippen LogP contribution in [0.3, 0.4) is 0 Å². The number of rotatable bonds is 4. The number of benzene rings is 2. The average molecular weight is 431 g/mol. The second kappa shape index (κ2) is 7.89. The number of para-hydroxylation sites is 1. The summed E-state index contributed by atoms with van der Waals surface area (Å²) in [6.45, 7) is 4.05. The van der Waals surface area contributed by atoms with Crippen LogP contribution < -0.4 is 5.43 Å². The maximum atomic E-state index is 12.2. The highest BCUT2D eigenvalue weighted by atomic mass is 79.9. The van der Waals surface area contributed by atoms with Gasteiger partial charge in [-0.05, 0) is 60.1 Å². The van der Waals surface area contributed by atoms with E-state index in [0.29, 0.717) is 10.6 Å². The van der Waals surface area contributed by atoms with Gasteiger partial charge in [-0.1, -0.05) is 35.9 Å². The number of nitrogens with one attached hydrogen (secondary N) is 1. The van der Waals surface area contributed by atoms with Crippen LogP contribution in [0.5, 0.6) is 0 Å². The Morgan fingerprint density at radius 2 is 1.85 bits per heavy atom. The van der Waals surface area contributed by atoms with Crippen molar-refractivity contribution in [2.75, 3.05) is 0 Å². The highest BCUT2D eigenvalue weighted by molar-refractivity contribution is 9.10. The molecule has 0 atom stereocenters. The normalized spacial score (nSPS) is 11.1. The zero-order valence-electron chi connectivity index (χ0n) is 14.3. The SMILES string of the molecule is Cc1c(Br)c(/C=N\NC(=O)c2cccc(Cl)c2)c(C)n1-c1ccccc1. The van der Waals surface area contributed by atoms with Crippen LogP contribution in [-0.2, 0) is 0 Å². The van der Waals surface area contributed by atoms with Crippen molar-refractivity contribution in [2.45, 2.75) is 13.8 Å². The molecular formula is C20H17BrClN3O. The third-order valence-corrected chi connectivity index (χ3v) is 5.31. The van der Waals surface area contributed by atoms with E-state index in [4.69, 9.17) is 11.6 Å². The van der Waals surface area contributed by atoms with Crippen LogP contribution in [0.15, 0.2) is 64.2 Å². The van der Waals surface area contributed by atoms with E-state index in [9.17, 15) is 4.79 Å². The molecule has 0 saturated heterocycles. The summed E-state index contributed by atoms with van der Waals surface area (Å²) in [5.41, 5.74) is 7.09. The summed E-state index contributed by atoms with van der Waals surface area (Å²) < 4.78 is 3.09. The van der Waals surface area contributed by atoms with Crippen molar-refractivity contribution in [1.82, 2.24) is 9.99 Å². The summed E-state index contributed by atoms with van der Waals surface area (Å²) in [6, 6.07) is 16.8. The highest BCUT2D eigenvalue weighted by Gasteiger charge is 2.15. The van der Waals surface area contributed by atoms with E-state index in [0.717, 1.165) is 27.1 Å². The van der Waals surface area contributed by atoms with E-state index in [-0.39, 0.29) is 5.91 Å². The Morgan fingerprint density at radius 1 is 1.12 bits per heavy atom. The van der Waals surface area contributed by atoms with Crippen LogP contribution in [0, 0.1) is 13.8 Å². The first-order valence-electron chi connectivity index (χ1n) is 8.01. The molecule has 2 aromatic carbocycles. The van der Waals surface area contributed by atoms with Crippen LogP contribution in [-0.4, -0.2) is 16.7 Å². The Hall–Kier alpha value is -2.37. The number of hydrogen-bond donors (Lipinski definition) is 1. The van der Waals surface area contributed by atoms with Crippen molar-refractivity contribution in [2.24, 2.45) is 5.10 Å². The van der Waals surface area contributed by atoms with Gasteiger partial charge in [-0.2, -0.15) is 5.10 Å². The maximum absolute atomic E-state index is 12.2. The number of hydrogen-bond acceptors (Lipinski definition) is 2. The molecule has 3 rings (SSSR count). The number of aromatic nitrogens is 1. The third-order valence-electron chi connectivity index (χ3n) is 4.08. The van der Waals surface area contributed by atoms with Crippen molar-refractivity contribution in [3.63, 3.8) is 0 Å². The second-order valence-corrected chi connectivity index (χ2v) is 7.01. The van der Waals surface area contributed by atoms with E-state index in [1.807, 2.05) is 44.2 Å². The molecule has 4 nitrogen and oxygen atoms in total. The summed E-state index contributed by atoms with van der Waals surface area (Å²) in [7, 11) is 0. The zero-order chi connectivity index (χ0) is 18.7. The summed E-state index contributed by atoms with van der Waals surface area (Å²) >= 11 is 9.54. The average Bonchev–Trinajstić information content (AvgIpc) is 2.85. The van der Waals surface area contributed by atoms with Gasteiger partial charge in [0.2, 0.25) is 0 Å². The van der Waals surface area contributed by atoms with E-state index in [1.54, 1.807) is 30.5 Å². The van der Waals surface area contributed by atoms with Crippen LogP contribution in [0.1, 0.15) is 27.3 Å². The molecule has 1 heterocycles. The van der Waals surface area contributed by atoms with E-state index >= 15 is 0 Å². The Morgan fingerprint density at radius 3 is 2.54 bits per heavy atom. The summed E-state index contributed by atoms with van der Waals surface area (Å²) in [4.78, 5) is 12.2. The topological polar surface area (TPSA) is 46.4 Å². The molecule has 1 N–H and O–H groups in total. The van der Waals surface area contributed by atoms with Crippen molar-refractivity contribution < 1.29 is 4.79 Å². The first-order chi connectivity index (χ1) is 12.5. The van der Waals surface area contributed by atoms with Gasteiger partial charge in [-0.25, -0.2) is 5.43 Å². The predicted molar refractivity (Wildman–Crippen MR) is 109 cm³/mol. The molecule has 0 fully saturated rings. The monoisotopic (exact) mass is 429 g/mol. The fourth-order valence-corrected chi connectivity index (χ4v) is 3.54. The van der Waals surface area contributed by atoms with Gasteiger partial charge in [0.05, 0.1) is 6.21 Å². The summed E-state index contributed by atoms with van der Waals surface area (Å²) in [5, 5.41) is 4.62. The molecule has 0 bridgehead atoms. The van der Waals surface area contributed by atoms with Gasteiger partial charge < -0.3 is 4.57 Å². The minimum Gasteiger partial charge on any atom is -0.317 e. The lowest BCUT2D eigenvalue weighted by molar-refractivity contribution is 0.0955. The first-order valence-corrected chi connectivity index (χ1v) is 9.18. The molecule has 1 amide bonds. The van der Waals surface area contributed by atoms with Crippen molar-refractivity contribution in [1.29, 1.82) is 0 Å².